The zero-order valence-electron chi connectivity index (χ0n) is 15.5. The first-order chi connectivity index (χ1) is 13.4. The summed E-state index contributed by atoms with van der Waals surface area (Å²) in [5, 5.41) is 13.8. The van der Waals surface area contributed by atoms with E-state index in [1.165, 1.54) is 0 Å². The normalized spacial score (nSPS) is 14.0. The molecule has 8 heteroatoms. The Balaban J connectivity index is 2.02. The lowest BCUT2D eigenvalue weighted by Crippen LogP contribution is -2.45. The van der Waals surface area contributed by atoms with Crippen LogP contribution in [0.2, 0.25) is 0 Å². The quantitative estimate of drug-likeness (QED) is 0.427. The lowest BCUT2D eigenvalue weighted by atomic mass is 10.1. The summed E-state index contributed by atoms with van der Waals surface area (Å²) < 4.78 is 12.6. The van der Waals surface area contributed by atoms with Crippen molar-refractivity contribution in [3.8, 4) is 0 Å². The second-order valence-electron chi connectivity index (χ2n) is 6.47. The number of aryl methyl sites for hydroxylation is 1. The first kappa shape index (κ1) is 21.8. The molecule has 0 aliphatic rings. The lowest BCUT2D eigenvalue weighted by Gasteiger charge is -2.22. The number of carboxylic acid groups (broad SMARTS) is 1. The van der Waals surface area contributed by atoms with E-state index in [2.05, 4.69) is 10.4 Å². The van der Waals surface area contributed by atoms with E-state index in [9.17, 15) is 19.0 Å². The van der Waals surface area contributed by atoms with Crippen molar-refractivity contribution in [3.63, 3.8) is 0 Å². The van der Waals surface area contributed by atoms with Crippen LogP contribution in [0.25, 0.3) is 0 Å². The second kappa shape index (κ2) is 10.8. The monoisotopic (exact) mass is 404 g/mol. The van der Waals surface area contributed by atoms with Gasteiger partial charge in [0.15, 0.2) is 0 Å². The van der Waals surface area contributed by atoms with E-state index < -0.39 is 25.4 Å². The Labute approximate surface area is 164 Å². The Hall–Kier alpha value is -2.47. The van der Waals surface area contributed by atoms with Crippen LogP contribution in [-0.2, 0) is 27.0 Å². The van der Waals surface area contributed by atoms with Gasteiger partial charge in [-0.2, -0.15) is 0 Å². The van der Waals surface area contributed by atoms with Crippen LogP contribution in [0, 0.1) is 0 Å². The van der Waals surface area contributed by atoms with Crippen LogP contribution in [0.5, 0.6) is 0 Å². The van der Waals surface area contributed by atoms with Gasteiger partial charge in [0.1, 0.15) is 0 Å². The van der Waals surface area contributed by atoms with Crippen LogP contribution in [-0.4, -0.2) is 40.6 Å². The van der Waals surface area contributed by atoms with Gasteiger partial charge in [-0.25, -0.2) is 5.09 Å². The van der Waals surface area contributed by atoms with Gasteiger partial charge in [-0.05, 0) is 24.0 Å². The summed E-state index contributed by atoms with van der Waals surface area (Å²) in [6.07, 6.45) is 0.398. The lowest BCUT2D eigenvalue weighted by molar-refractivity contribution is -0.137. The maximum Gasteiger partial charge on any atom is 0.305 e. The number of benzene rings is 2. The summed E-state index contributed by atoms with van der Waals surface area (Å²) in [7, 11) is -3.78. The average molecular weight is 404 g/mol. The van der Waals surface area contributed by atoms with Gasteiger partial charge in [0, 0.05) is 12.7 Å². The highest BCUT2D eigenvalue weighted by atomic mass is 31.2. The van der Waals surface area contributed by atoms with Crippen molar-refractivity contribution in [2.45, 2.75) is 25.3 Å². The maximum atomic E-state index is 12.6. The molecular formula is C20H25N2O5P. The molecule has 4 N–H and O–H groups in total. The molecule has 150 valence electrons. The van der Waals surface area contributed by atoms with Crippen molar-refractivity contribution in [1.29, 1.82) is 0 Å². The second-order valence-corrected chi connectivity index (χ2v) is 8.58. The molecule has 0 bridgehead atoms. The van der Waals surface area contributed by atoms with Crippen molar-refractivity contribution in [2.75, 3.05) is 12.7 Å². The summed E-state index contributed by atoms with van der Waals surface area (Å²) >= 11 is 0. The molecular weight excluding hydrogens is 379 g/mol. The molecule has 0 radical (unpaired) electrons. The topological polar surface area (TPSA) is 116 Å². The van der Waals surface area contributed by atoms with Gasteiger partial charge >= 0.3 is 5.97 Å². The number of carbonyl (C=O) groups is 2. The molecule has 0 fully saturated rings. The first-order valence-electron chi connectivity index (χ1n) is 9.03. The molecule has 0 saturated heterocycles. The minimum Gasteiger partial charge on any atom is -0.481 e. The number of rotatable bonds is 11. The Morgan fingerprint density at radius 2 is 1.54 bits per heavy atom. The zero-order chi connectivity index (χ0) is 20.4. The summed E-state index contributed by atoms with van der Waals surface area (Å²) in [6.45, 7) is -0.0408. The Kier molecular flexibility index (Phi) is 8.39. The molecule has 0 aromatic heterocycles. The fourth-order valence-electron chi connectivity index (χ4n) is 2.70. The third-order valence-corrected chi connectivity index (χ3v) is 5.69. The standard InChI is InChI=1S/C20H25N2O5P/c23-19(24)11-13-21-20(25)18(15-17-9-5-2-6-10-17)22-28(26,27)14-12-16-7-3-1-4-8-16/h1-10,18H,11-15H2,(H,21,25)(H,23,24)(H2,22,26,27). The van der Waals surface area contributed by atoms with E-state index in [1.807, 2.05) is 60.7 Å². The highest BCUT2D eigenvalue weighted by Crippen LogP contribution is 2.37. The van der Waals surface area contributed by atoms with Gasteiger partial charge in [-0.15, -0.1) is 0 Å². The molecule has 7 nitrogen and oxygen atoms in total. The van der Waals surface area contributed by atoms with Crippen LogP contribution in [0.1, 0.15) is 17.5 Å². The molecule has 2 aromatic carbocycles. The molecule has 0 aliphatic carbocycles. The molecule has 0 aliphatic heterocycles. The van der Waals surface area contributed by atoms with E-state index in [-0.39, 0.29) is 25.5 Å². The third kappa shape index (κ3) is 8.05. The number of aliphatic carboxylic acids is 1. The zero-order valence-corrected chi connectivity index (χ0v) is 16.3. The number of carbonyl (C=O) groups excluding carboxylic acids is 1. The highest BCUT2D eigenvalue weighted by Gasteiger charge is 2.28. The van der Waals surface area contributed by atoms with Crippen LogP contribution in [0.4, 0.5) is 0 Å². The molecule has 2 atom stereocenters. The molecule has 1 amide bonds. The first-order valence-corrected chi connectivity index (χ1v) is 10.9. The minimum absolute atomic E-state index is 0.00922. The highest BCUT2D eigenvalue weighted by molar-refractivity contribution is 7.55. The van der Waals surface area contributed by atoms with E-state index in [1.54, 1.807) is 0 Å². The van der Waals surface area contributed by atoms with Gasteiger partial charge < -0.3 is 15.3 Å². The van der Waals surface area contributed by atoms with E-state index >= 15 is 0 Å². The maximum absolute atomic E-state index is 12.6. The number of carboxylic acids is 1. The number of hydrogen-bond donors (Lipinski definition) is 4. The fourth-order valence-corrected chi connectivity index (χ4v) is 4.08. The molecule has 2 aromatic rings. The van der Waals surface area contributed by atoms with Gasteiger partial charge in [0.05, 0.1) is 12.5 Å². The van der Waals surface area contributed by atoms with E-state index in [0.29, 0.717) is 6.42 Å². The number of amides is 1. The van der Waals surface area contributed by atoms with Crippen LogP contribution in [0.3, 0.4) is 0 Å². The molecule has 0 saturated carbocycles. The van der Waals surface area contributed by atoms with Crippen molar-refractivity contribution in [3.05, 3.63) is 71.8 Å². The minimum atomic E-state index is -3.78. The largest absolute Gasteiger partial charge is 0.481 e. The average Bonchev–Trinajstić information content (AvgIpc) is 2.67. The summed E-state index contributed by atoms with van der Waals surface area (Å²) in [5.74, 6) is -1.53. The molecule has 0 heterocycles. The molecule has 2 unspecified atom stereocenters. The summed E-state index contributed by atoms with van der Waals surface area (Å²) in [5.41, 5.74) is 1.76. The van der Waals surface area contributed by atoms with Crippen LogP contribution in [0.15, 0.2) is 60.7 Å². The van der Waals surface area contributed by atoms with E-state index in [0.717, 1.165) is 11.1 Å². The SMILES string of the molecule is O=C(O)CCNC(=O)C(Cc1ccccc1)NP(=O)(O)CCc1ccccc1. The Morgan fingerprint density at radius 3 is 2.11 bits per heavy atom. The van der Waals surface area contributed by atoms with Gasteiger partial charge in [-0.1, -0.05) is 60.7 Å². The number of nitrogens with one attached hydrogen (secondary N) is 2. The van der Waals surface area contributed by atoms with Gasteiger partial charge in [0.25, 0.3) is 7.52 Å². The predicted octanol–water partition coefficient (Wildman–Crippen LogP) is 2.21. The Morgan fingerprint density at radius 1 is 0.964 bits per heavy atom. The molecule has 2 rings (SSSR count). The number of hydrogen-bond acceptors (Lipinski definition) is 3. The predicted molar refractivity (Wildman–Crippen MR) is 107 cm³/mol. The summed E-state index contributed by atoms with van der Waals surface area (Å²) in [6, 6.07) is 17.5. The molecule has 0 spiro atoms. The van der Waals surface area contributed by atoms with Gasteiger partial charge in [0.2, 0.25) is 5.91 Å². The van der Waals surface area contributed by atoms with Crippen molar-refractivity contribution >= 4 is 19.4 Å². The third-order valence-electron chi connectivity index (χ3n) is 4.14. The van der Waals surface area contributed by atoms with Gasteiger partial charge in [-0.3, -0.25) is 14.2 Å². The Bertz CT molecular complexity index is 814. The fraction of sp³-hybridized carbons (Fsp3) is 0.300. The van der Waals surface area contributed by atoms with Crippen LogP contribution < -0.4 is 10.4 Å². The molecule has 28 heavy (non-hydrogen) atoms. The smallest absolute Gasteiger partial charge is 0.305 e. The van der Waals surface area contributed by atoms with Crippen molar-refractivity contribution in [1.82, 2.24) is 10.4 Å². The van der Waals surface area contributed by atoms with Crippen molar-refractivity contribution in [2.24, 2.45) is 0 Å². The summed E-state index contributed by atoms with van der Waals surface area (Å²) in [4.78, 5) is 33.5. The van der Waals surface area contributed by atoms with Crippen LogP contribution >= 0.6 is 7.52 Å². The van der Waals surface area contributed by atoms with Crippen molar-refractivity contribution < 1.29 is 24.2 Å². The van der Waals surface area contributed by atoms with E-state index in [4.69, 9.17) is 5.11 Å².